The Morgan fingerprint density at radius 2 is 1.24 bits per heavy atom. The van der Waals surface area contributed by atoms with Gasteiger partial charge in [0, 0.05) is 11.3 Å². The smallest absolute Gasteiger partial charge is 0.174 e. The quantitative estimate of drug-likeness (QED) is 0.297. The SMILES string of the molecule is C=C(CCCCCCCCCCCC)S(=O)(=O)CCC[N+](C)(C)C.[Cl-]. The summed E-state index contributed by atoms with van der Waals surface area (Å²) in [4.78, 5) is 0.448. The number of quaternary nitrogens is 1. The van der Waals surface area contributed by atoms with Crippen molar-refractivity contribution in [1.82, 2.24) is 0 Å². The van der Waals surface area contributed by atoms with E-state index in [4.69, 9.17) is 0 Å². The van der Waals surface area contributed by atoms with Gasteiger partial charge < -0.3 is 16.9 Å². The molecule has 0 aliphatic heterocycles. The molecule has 0 N–H and O–H groups in total. The molecule has 0 heterocycles. The normalized spacial score (nSPS) is 12.0. The molecule has 0 aromatic heterocycles. The zero-order chi connectivity index (χ0) is 18.5. The Bertz CT molecular complexity index is 427. The second-order valence-corrected chi connectivity index (χ2v) is 10.4. The van der Waals surface area contributed by atoms with Crippen LogP contribution in [0.4, 0.5) is 0 Å². The van der Waals surface area contributed by atoms with Crippen molar-refractivity contribution in [3.05, 3.63) is 11.5 Å². The Labute approximate surface area is 164 Å². The van der Waals surface area contributed by atoms with Crippen LogP contribution in [0.15, 0.2) is 11.5 Å². The standard InChI is InChI=1S/C20H42NO2S.ClH/c1-6-7-8-9-10-11-12-13-14-15-17-20(2)24(22,23)19-16-18-21(3,4)5;/h2,6-19H2,1,3-5H3;1H/q+1;/p-1. The predicted molar refractivity (Wildman–Crippen MR) is 107 cm³/mol. The predicted octanol–water partition coefficient (Wildman–Crippen LogP) is 2.33. The second kappa shape index (κ2) is 15.0. The fraction of sp³-hybridized carbons (Fsp3) is 0.900. The molecule has 0 rings (SSSR count). The summed E-state index contributed by atoms with van der Waals surface area (Å²) in [6.45, 7) is 6.95. The molecule has 0 saturated heterocycles. The lowest BCUT2D eigenvalue weighted by molar-refractivity contribution is -0.870. The van der Waals surface area contributed by atoms with E-state index in [0.717, 1.165) is 23.9 Å². The van der Waals surface area contributed by atoms with Crippen LogP contribution in [0.25, 0.3) is 0 Å². The zero-order valence-corrected chi connectivity index (χ0v) is 18.7. The monoisotopic (exact) mass is 395 g/mol. The maximum atomic E-state index is 12.2. The molecule has 0 fully saturated rings. The van der Waals surface area contributed by atoms with Gasteiger partial charge in [-0.05, 0) is 12.8 Å². The van der Waals surface area contributed by atoms with Crippen molar-refractivity contribution in [2.45, 2.75) is 84.0 Å². The Kier molecular flexibility index (Phi) is 16.3. The van der Waals surface area contributed by atoms with E-state index in [1.165, 1.54) is 51.4 Å². The highest BCUT2D eigenvalue weighted by atomic mass is 35.5. The number of nitrogens with zero attached hydrogens (tertiary/aromatic N) is 1. The van der Waals surface area contributed by atoms with Gasteiger partial charge >= 0.3 is 0 Å². The highest BCUT2D eigenvalue weighted by molar-refractivity contribution is 7.95. The summed E-state index contributed by atoms with van der Waals surface area (Å²) in [7, 11) is 3.17. The third-order valence-electron chi connectivity index (χ3n) is 4.49. The van der Waals surface area contributed by atoms with E-state index < -0.39 is 9.84 Å². The zero-order valence-electron chi connectivity index (χ0n) is 17.2. The van der Waals surface area contributed by atoms with Crippen LogP contribution in [0.5, 0.6) is 0 Å². The van der Waals surface area contributed by atoms with Crippen LogP contribution >= 0.6 is 0 Å². The van der Waals surface area contributed by atoms with Crippen molar-refractivity contribution >= 4 is 9.84 Å². The number of hydrogen-bond acceptors (Lipinski definition) is 2. The first-order chi connectivity index (χ1) is 11.2. The molecule has 0 aliphatic rings. The average Bonchev–Trinajstić information content (AvgIpc) is 2.47. The highest BCUT2D eigenvalue weighted by Crippen LogP contribution is 2.17. The molecular weight excluding hydrogens is 354 g/mol. The summed E-state index contributed by atoms with van der Waals surface area (Å²) in [6, 6.07) is 0. The minimum atomic E-state index is -3.10. The molecule has 0 aliphatic carbocycles. The van der Waals surface area contributed by atoms with Gasteiger partial charge in [-0.15, -0.1) is 0 Å². The van der Waals surface area contributed by atoms with Crippen LogP contribution in [0.3, 0.4) is 0 Å². The van der Waals surface area contributed by atoms with Gasteiger partial charge in [-0.3, -0.25) is 0 Å². The molecule has 0 unspecified atom stereocenters. The van der Waals surface area contributed by atoms with E-state index >= 15 is 0 Å². The van der Waals surface area contributed by atoms with Gasteiger partial charge in [-0.1, -0.05) is 71.3 Å². The molecule has 5 heteroatoms. The maximum absolute atomic E-state index is 12.2. The molecular formula is C20H42ClNO2S. The van der Waals surface area contributed by atoms with Crippen LogP contribution in [0.2, 0.25) is 0 Å². The van der Waals surface area contributed by atoms with E-state index in [-0.39, 0.29) is 18.2 Å². The first-order valence-corrected chi connectivity index (χ1v) is 11.6. The number of halogens is 1. The average molecular weight is 396 g/mol. The summed E-state index contributed by atoms with van der Waals surface area (Å²) in [5.41, 5.74) is 0. The third-order valence-corrected chi connectivity index (χ3v) is 6.40. The van der Waals surface area contributed by atoms with Gasteiger partial charge in [0.25, 0.3) is 0 Å². The molecule has 3 nitrogen and oxygen atoms in total. The number of unbranched alkanes of at least 4 members (excludes halogenated alkanes) is 9. The molecule has 0 atom stereocenters. The summed E-state index contributed by atoms with van der Waals surface area (Å²) in [5.74, 6) is 0.249. The summed E-state index contributed by atoms with van der Waals surface area (Å²) in [6.07, 6.45) is 14.1. The van der Waals surface area contributed by atoms with E-state index in [1.807, 2.05) is 0 Å². The van der Waals surface area contributed by atoms with Crippen LogP contribution in [0.1, 0.15) is 84.0 Å². The van der Waals surface area contributed by atoms with E-state index in [0.29, 0.717) is 17.7 Å². The molecule has 0 spiro atoms. The Hall–Kier alpha value is -0.0600. The topological polar surface area (TPSA) is 34.1 Å². The number of sulfone groups is 1. The van der Waals surface area contributed by atoms with E-state index in [1.54, 1.807) is 0 Å². The minimum absolute atomic E-state index is 0. The molecule has 0 amide bonds. The molecule has 0 aromatic carbocycles. The third kappa shape index (κ3) is 17.1. The first-order valence-electron chi connectivity index (χ1n) is 9.90. The Morgan fingerprint density at radius 3 is 1.68 bits per heavy atom. The van der Waals surface area contributed by atoms with Crippen LogP contribution < -0.4 is 12.4 Å². The first kappa shape index (κ1) is 27.2. The fourth-order valence-electron chi connectivity index (χ4n) is 2.84. The maximum Gasteiger partial charge on any atom is 0.174 e. The molecule has 0 saturated carbocycles. The fourth-order valence-corrected chi connectivity index (χ4v) is 4.09. The lowest BCUT2D eigenvalue weighted by atomic mass is 10.1. The van der Waals surface area contributed by atoms with Crippen molar-refractivity contribution in [3.63, 3.8) is 0 Å². The number of rotatable bonds is 16. The van der Waals surface area contributed by atoms with Crippen molar-refractivity contribution in [3.8, 4) is 0 Å². The van der Waals surface area contributed by atoms with Gasteiger partial charge in [-0.2, -0.15) is 0 Å². The van der Waals surface area contributed by atoms with Crippen LogP contribution in [-0.4, -0.2) is 46.3 Å². The molecule has 25 heavy (non-hydrogen) atoms. The van der Waals surface area contributed by atoms with Gasteiger partial charge in [0.1, 0.15) is 0 Å². The van der Waals surface area contributed by atoms with E-state index in [9.17, 15) is 8.42 Å². The summed E-state index contributed by atoms with van der Waals surface area (Å²) < 4.78 is 25.2. The lowest BCUT2D eigenvalue weighted by Gasteiger charge is -2.23. The van der Waals surface area contributed by atoms with Crippen LogP contribution in [0, 0.1) is 0 Å². The van der Waals surface area contributed by atoms with Gasteiger partial charge in [0.15, 0.2) is 9.84 Å². The Morgan fingerprint density at radius 1 is 0.800 bits per heavy atom. The van der Waals surface area contributed by atoms with Crippen molar-refractivity contribution in [1.29, 1.82) is 0 Å². The van der Waals surface area contributed by atoms with Crippen LogP contribution in [-0.2, 0) is 9.84 Å². The number of allylic oxidation sites excluding steroid dienone is 1. The Balaban J connectivity index is 0. The van der Waals surface area contributed by atoms with Crippen molar-refractivity contribution < 1.29 is 25.3 Å². The van der Waals surface area contributed by atoms with Gasteiger partial charge in [0.2, 0.25) is 0 Å². The summed E-state index contributed by atoms with van der Waals surface area (Å²) in [5, 5.41) is 0. The molecule has 0 bridgehead atoms. The van der Waals surface area contributed by atoms with E-state index in [2.05, 4.69) is 34.6 Å². The minimum Gasteiger partial charge on any atom is -1.00 e. The number of hydrogen-bond donors (Lipinski definition) is 0. The summed E-state index contributed by atoms with van der Waals surface area (Å²) >= 11 is 0. The highest BCUT2D eigenvalue weighted by Gasteiger charge is 2.17. The van der Waals surface area contributed by atoms with Crippen molar-refractivity contribution in [2.24, 2.45) is 0 Å². The van der Waals surface area contributed by atoms with Gasteiger partial charge in [-0.25, -0.2) is 8.42 Å². The molecule has 152 valence electrons. The molecule has 0 aromatic rings. The largest absolute Gasteiger partial charge is 1.00 e. The van der Waals surface area contributed by atoms with Crippen molar-refractivity contribution in [2.75, 3.05) is 33.4 Å². The molecule has 0 radical (unpaired) electrons. The van der Waals surface area contributed by atoms with Gasteiger partial charge in [0.05, 0.1) is 33.4 Å². The lowest BCUT2D eigenvalue weighted by Crippen LogP contribution is -3.00. The second-order valence-electron chi connectivity index (χ2n) is 8.16.